The number of rotatable bonds is 10. The third-order valence-electron chi connectivity index (χ3n) is 5.57. The maximum Gasteiger partial charge on any atom is 0.190 e. The van der Waals surface area contributed by atoms with E-state index in [9.17, 15) is 20.4 Å². The minimum absolute atomic E-state index is 0.0201. The van der Waals surface area contributed by atoms with Crippen molar-refractivity contribution in [2.24, 2.45) is 0 Å². The molecule has 3 rings (SSSR count). The van der Waals surface area contributed by atoms with Crippen LogP contribution in [0.5, 0.6) is 0 Å². The smallest absolute Gasteiger partial charge is 0.190 e. The van der Waals surface area contributed by atoms with Crippen molar-refractivity contribution in [1.82, 2.24) is 0 Å². The summed E-state index contributed by atoms with van der Waals surface area (Å²) in [4.78, 5) is 0. The molecule has 3 aliphatic heterocycles. The van der Waals surface area contributed by atoms with Crippen LogP contribution in [0.3, 0.4) is 0 Å². The Kier molecular flexibility index (Phi) is 8.50. The van der Waals surface area contributed by atoms with Crippen LogP contribution < -0.4 is 0 Å². The molecule has 0 aromatic heterocycles. The van der Waals surface area contributed by atoms with Crippen LogP contribution in [0.2, 0.25) is 0 Å². The molecule has 10 atom stereocenters. The van der Waals surface area contributed by atoms with E-state index < -0.39 is 78.7 Å². The third kappa shape index (κ3) is 5.75. The lowest BCUT2D eigenvalue weighted by Gasteiger charge is -2.38. The summed E-state index contributed by atoms with van der Waals surface area (Å²) in [7, 11) is 0. The maximum atomic E-state index is 10.6. The highest BCUT2D eigenvalue weighted by molar-refractivity contribution is 7.99. The molecule has 0 radical (unpaired) electrons. The minimum Gasteiger partial charge on any atom is -0.394 e. The number of fused-ring (bicyclic) bond motifs is 3. The predicted molar refractivity (Wildman–Crippen MR) is 112 cm³/mol. The average Bonchev–Trinajstić information content (AvgIpc) is 3.22. The number of hydrogen-bond donors (Lipinski definition) is 5. The summed E-state index contributed by atoms with van der Waals surface area (Å²) >= 11 is 1.21. The lowest BCUT2D eigenvalue weighted by Crippen LogP contribution is -2.57. The Balaban J connectivity index is 1.69. The van der Waals surface area contributed by atoms with E-state index in [1.165, 1.54) is 11.8 Å². The molecule has 0 bridgehead atoms. The number of aliphatic hydroxyl groups is 5. The Labute approximate surface area is 191 Å². The van der Waals surface area contributed by atoms with Crippen molar-refractivity contribution in [3.63, 3.8) is 0 Å². The van der Waals surface area contributed by atoms with Gasteiger partial charge < -0.3 is 54.0 Å². The standard InChI is InChI=1S/C20H36O11S/c1-6-32-18(13(25)12(24)11(23)9(22)7-21)26-8-10-14-15(29-19(2,3)28-14)16-17(27-10)31-20(4,5)30-16/h9-18,21-25H,6-8H2,1-5H3/t9-,10-,11-,12+,13-,14+,15+,16-,17-,18-/m1/s1. The quantitative estimate of drug-likeness (QED) is 0.239. The second-order valence-corrected chi connectivity index (χ2v) is 10.5. The van der Waals surface area contributed by atoms with Gasteiger partial charge in [-0.15, -0.1) is 11.8 Å². The largest absolute Gasteiger partial charge is 0.394 e. The Morgan fingerprint density at radius 2 is 1.44 bits per heavy atom. The van der Waals surface area contributed by atoms with Gasteiger partial charge >= 0.3 is 0 Å². The fourth-order valence-electron chi connectivity index (χ4n) is 4.13. The van der Waals surface area contributed by atoms with E-state index in [4.69, 9.17) is 33.5 Å². The summed E-state index contributed by atoms with van der Waals surface area (Å²) in [6.45, 7) is 8.23. The third-order valence-corrected chi connectivity index (χ3v) is 6.64. The average molecular weight is 485 g/mol. The topological polar surface area (TPSA) is 157 Å². The van der Waals surface area contributed by atoms with Gasteiger partial charge in [0.15, 0.2) is 17.9 Å². The van der Waals surface area contributed by atoms with Crippen LogP contribution in [0.15, 0.2) is 0 Å². The van der Waals surface area contributed by atoms with Crippen LogP contribution in [-0.2, 0) is 28.4 Å². The van der Waals surface area contributed by atoms with Gasteiger partial charge in [-0.1, -0.05) is 6.92 Å². The van der Waals surface area contributed by atoms with Crippen LogP contribution >= 0.6 is 11.8 Å². The molecule has 0 spiro atoms. The zero-order valence-corrected chi connectivity index (χ0v) is 19.8. The van der Waals surface area contributed by atoms with Crippen LogP contribution in [0.25, 0.3) is 0 Å². The molecule has 0 aromatic carbocycles. The molecule has 0 amide bonds. The van der Waals surface area contributed by atoms with Gasteiger partial charge in [-0.05, 0) is 33.4 Å². The van der Waals surface area contributed by atoms with Gasteiger partial charge in [-0.3, -0.25) is 0 Å². The normalized spacial score (nSPS) is 37.9. The van der Waals surface area contributed by atoms with Crippen LogP contribution in [0, 0.1) is 0 Å². The second-order valence-electron chi connectivity index (χ2n) is 9.09. The summed E-state index contributed by atoms with van der Waals surface area (Å²) in [5, 5.41) is 49.3. The number of aliphatic hydroxyl groups excluding tert-OH is 5. The van der Waals surface area contributed by atoms with Crippen LogP contribution in [-0.4, -0.2) is 117 Å². The molecular weight excluding hydrogens is 448 g/mol. The lowest BCUT2D eigenvalue weighted by atomic mass is 9.99. The fraction of sp³-hybridized carbons (Fsp3) is 1.00. The summed E-state index contributed by atoms with van der Waals surface area (Å²) in [5.41, 5.74) is -0.942. The molecule has 12 heteroatoms. The van der Waals surface area contributed by atoms with Crippen molar-refractivity contribution in [2.45, 2.75) is 107 Å². The van der Waals surface area contributed by atoms with Crippen LogP contribution in [0.1, 0.15) is 34.6 Å². The van der Waals surface area contributed by atoms with E-state index in [0.717, 1.165) is 0 Å². The molecule has 32 heavy (non-hydrogen) atoms. The predicted octanol–water partition coefficient (Wildman–Crippen LogP) is -1.09. The van der Waals surface area contributed by atoms with E-state index >= 15 is 0 Å². The van der Waals surface area contributed by atoms with Gasteiger partial charge in [0.05, 0.1) is 13.2 Å². The zero-order valence-electron chi connectivity index (χ0n) is 19.0. The van der Waals surface area contributed by atoms with Gasteiger partial charge in [0.25, 0.3) is 0 Å². The molecule has 0 unspecified atom stereocenters. The van der Waals surface area contributed by atoms with Gasteiger partial charge in [0.1, 0.15) is 54.3 Å². The van der Waals surface area contributed by atoms with Gasteiger partial charge in [0.2, 0.25) is 0 Å². The summed E-state index contributed by atoms with van der Waals surface area (Å²) in [5.74, 6) is -1.16. The number of hydrogen-bond acceptors (Lipinski definition) is 12. The van der Waals surface area contributed by atoms with E-state index in [0.29, 0.717) is 5.75 Å². The second kappa shape index (κ2) is 10.3. The van der Waals surface area contributed by atoms with E-state index in [2.05, 4.69) is 0 Å². The van der Waals surface area contributed by atoms with E-state index in [1.807, 2.05) is 6.92 Å². The first-order valence-electron chi connectivity index (χ1n) is 10.8. The zero-order chi connectivity index (χ0) is 23.8. The Hall–Kier alpha value is -0.0900. The maximum absolute atomic E-state index is 10.6. The highest BCUT2D eigenvalue weighted by atomic mass is 32.2. The number of thioether (sulfide) groups is 1. The fourth-order valence-corrected chi connectivity index (χ4v) is 4.99. The van der Waals surface area contributed by atoms with Crippen molar-refractivity contribution in [3.05, 3.63) is 0 Å². The first-order valence-corrected chi connectivity index (χ1v) is 11.9. The lowest BCUT2D eigenvalue weighted by molar-refractivity contribution is -0.246. The highest BCUT2D eigenvalue weighted by Gasteiger charge is 2.60. The first kappa shape index (κ1) is 26.5. The van der Waals surface area contributed by atoms with Gasteiger partial charge in [-0.25, -0.2) is 0 Å². The molecule has 3 heterocycles. The Bertz CT molecular complexity index is 620. The Morgan fingerprint density at radius 3 is 2.06 bits per heavy atom. The highest BCUT2D eigenvalue weighted by Crippen LogP contribution is 2.44. The van der Waals surface area contributed by atoms with Gasteiger partial charge in [0, 0.05) is 0 Å². The molecule has 3 saturated heterocycles. The van der Waals surface area contributed by atoms with Crippen molar-refractivity contribution in [3.8, 4) is 0 Å². The molecular formula is C20H36O11S. The summed E-state index contributed by atoms with van der Waals surface area (Å²) in [6.07, 6.45) is -9.35. The molecule has 188 valence electrons. The van der Waals surface area contributed by atoms with Gasteiger partial charge in [-0.2, -0.15) is 0 Å². The summed E-state index contributed by atoms with van der Waals surface area (Å²) in [6, 6.07) is 0. The molecule has 11 nitrogen and oxygen atoms in total. The Morgan fingerprint density at radius 1 is 0.844 bits per heavy atom. The monoisotopic (exact) mass is 484 g/mol. The van der Waals surface area contributed by atoms with Crippen molar-refractivity contribution >= 4 is 11.8 Å². The molecule has 0 saturated carbocycles. The number of ether oxygens (including phenoxy) is 6. The van der Waals surface area contributed by atoms with Crippen molar-refractivity contribution in [2.75, 3.05) is 19.0 Å². The SMILES string of the molecule is CCS[C@@H](OC[C@H]1O[C@@H]2OC(C)(C)O[C@@H]2[C@H]2OC(C)(C)O[C@H]21)[C@H](O)[C@@H](O)[C@H](O)[C@H](O)CO. The van der Waals surface area contributed by atoms with Crippen molar-refractivity contribution < 1.29 is 54.0 Å². The summed E-state index contributed by atoms with van der Waals surface area (Å²) < 4.78 is 35.9. The molecule has 3 aliphatic rings. The molecule has 3 fully saturated rings. The van der Waals surface area contributed by atoms with Crippen molar-refractivity contribution in [1.29, 1.82) is 0 Å². The molecule has 0 aromatic rings. The van der Waals surface area contributed by atoms with E-state index in [1.54, 1.807) is 27.7 Å². The first-order chi connectivity index (χ1) is 14.9. The van der Waals surface area contributed by atoms with Crippen LogP contribution in [0.4, 0.5) is 0 Å². The molecule has 0 aliphatic carbocycles. The molecule has 5 N–H and O–H groups in total. The minimum atomic E-state index is -1.74. The van der Waals surface area contributed by atoms with E-state index in [-0.39, 0.29) is 6.61 Å².